The number of hydrogen-bond acceptors (Lipinski definition) is 2. The van der Waals surface area contributed by atoms with Crippen molar-refractivity contribution in [2.45, 2.75) is 130 Å². The van der Waals surface area contributed by atoms with Crippen molar-refractivity contribution >= 4 is 14.3 Å². The summed E-state index contributed by atoms with van der Waals surface area (Å²) >= 11 is 0. The van der Waals surface area contributed by atoms with Crippen LogP contribution < -0.4 is 0 Å². The third-order valence-corrected chi connectivity index (χ3v) is 14.8. The van der Waals surface area contributed by atoms with E-state index in [0.29, 0.717) is 5.90 Å². The Kier molecular flexibility index (Phi) is 19.5. The molecular weight excluding hydrogens is 394 g/mol. The first-order valence-corrected chi connectivity index (χ1v) is 17.6. The summed E-state index contributed by atoms with van der Waals surface area (Å²) in [5.41, 5.74) is 0. The van der Waals surface area contributed by atoms with Gasteiger partial charge in [0.05, 0.1) is 20.2 Å². The minimum absolute atomic E-state index is 0.594. The van der Waals surface area contributed by atoms with E-state index in [9.17, 15) is 9.13 Å². The smallest absolute Gasteiger partial charge is 0.0947 e. The summed E-state index contributed by atoms with van der Waals surface area (Å²) in [4.78, 5) is 0. The molecule has 0 spiro atoms. The first-order chi connectivity index (χ1) is 13.9. The molecule has 2 nitrogen and oxygen atoms in total. The third-order valence-electron chi connectivity index (χ3n) is 6.19. The molecule has 0 saturated carbocycles. The maximum absolute atomic E-state index is 14.0. The van der Waals surface area contributed by atoms with Gasteiger partial charge in [0.25, 0.3) is 0 Å². The van der Waals surface area contributed by atoms with Crippen molar-refractivity contribution in [1.82, 2.24) is 0 Å². The van der Waals surface area contributed by atoms with E-state index in [1.165, 1.54) is 77.0 Å². The Hall–Kier alpha value is 0.460. The molecule has 0 aromatic heterocycles. The molecular formula is C25H54O2P2. The maximum atomic E-state index is 14.0. The summed E-state index contributed by atoms with van der Waals surface area (Å²) in [6, 6.07) is 0. The second kappa shape index (κ2) is 19.2. The number of hydrogen-bond donors (Lipinski definition) is 0. The van der Waals surface area contributed by atoms with Gasteiger partial charge in [-0.2, -0.15) is 0 Å². The zero-order valence-electron chi connectivity index (χ0n) is 20.6. The van der Waals surface area contributed by atoms with Crippen LogP contribution >= 0.6 is 14.3 Å². The molecule has 0 aliphatic carbocycles. The van der Waals surface area contributed by atoms with Gasteiger partial charge >= 0.3 is 0 Å². The van der Waals surface area contributed by atoms with Gasteiger partial charge in [0.2, 0.25) is 0 Å². The van der Waals surface area contributed by atoms with Gasteiger partial charge in [-0.15, -0.1) is 0 Å². The second-order valence-electron chi connectivity index (χ2n) is 9.39. The Morgan fingerprint density at radius 3 is 0.828 bits per heavy atom. The molecule has 0 heterocycles. The van der Waals surface area contributed by atoms with Gasteiger partial charge in [0.1, 0.15) is 0 Å². The molecule has 0 aliphatic rings. The second-order valence-corrected chi connectivity index (χ2v) is 16.5. The van der Waals surface area contributed by atoms with E-state index in [1.54, 1.807) is 0 Å². The van der Waals surface area contributed by atoms with Crippen LogP contribution in [0.3, 0.4) is 0 Å². The highest BCUT2D eigenvalue weighted by Crippen LogP contribution is 2.63. The maximum Gasteiger partial charge on any atom is 0.0947 e. The average Bonchev–Trinajstić information content (AvgIpc) is 2.70. The highest BCUT2D eigenvalue weighted by atomic mass is 31.2. The van der Waals surface area contributed by atoms with Crippen LogP contribution in [0.15, 0.2) is 0 Å². The van der Waals surface area contributed by atoms with Crippen molar-refractivity contribution < 1.29 is 9.13 Å². The van der Waals surface area contributed by atoms with E-state index in [4.69, 9.17) is 0 Å². The molecule has 176 valence electrons. The van der Waals surface area contributed by atoms with Crippen LogP contribution in [0.2, 0.25) is 0 Å². The molecule has 0 aromatic carbocycles. The van der Waals surface area contributed by atoms with Gasteiger partial charge in [-0.25, -0.2) is 0 Å². The van der Waals surface area contributed by atoms with Gasteiger partial charge in [-0.1, -0.05) is 105 Å². The molecule has 0 atom stereocenters. The molecule has 0 amide bonds. The van der Waals surface area contributed by atoms with Crippen LogP contribution in [0, 0.1) is 0 Å². The number of rotatable bonds is 22. The Morgan fingerprint density at radius 2 is 0.621 bits per heavy atom. The average molecular weight is 449 g/mol. The van der Waals surface area contributed by atoms with E-state index < -0.39 is 14.3 Å². The van der Waals surface area contributed by atoms with E-state index >= 15 is 0 Å². The normalized spacial score (nSPS) is 12.6. The zero-order valence-corrected chi connectivity index (χ0v) is 22.3. The van der Waals surface area contributed by atoms with E-state index in [1.807, 2.05) is 0 Å². The Morgan fingerprint density at radius 1 is 0.379 bits per heavy atom. The quantitative estimate of drug-likeness (QED) is 0.122. The van der Waals surface area contributed by atoms with Crippen LogP contribution in [0.4, 0.5) is 0 Å². The van der Waals surface area contributed by atoms with Gasteiger partial charge in [0, 0.05) is 24.6 Å². The Labute approximate surface area is 184 Å². The molecule has 0 aliphatic heterocycles. The minimum Gasteiger partial charge on any atom is -0.323 e. The van der Waals surface area contributed by atoms with E-state index in [2.05, 4.69) is 27.7 Å². The van der Waals surface area contributed by atoms with Crippen LogP contribution in [0.25, 0.3) is 0 Å². The van der Waals surface area contributed by atoms with Crippen molar-refractivity contribution in [2.24, 2.45) is 0 Å². The molecule has 0 saturated heterocycles. The lowest BCUT2D eigenvalue weighted by Gasteiger charge is -2.26. The SMILES string of the molecule is CCCCCCP(=O)(CCCCCC)CP(=O)(CCCCCC)CCCCCC. The van der Waals surface area contributed by atoms with Gasteiger partial charge in [0.15, 0.2) is 0 Å². The van der Waals surface area contributed by atoms with Crippen molar-refractivity contribution in [1.29, 1.82) is 0 Å². The third kappa shape index (κ3) is 16.8. The molecule has 0 unspecified atom stereocenters. The highest BCUT2D eigenvalue weighted by molar-refractivity contribution is 7.80. The predicted octanol–water partition coefficient (Wildman–Crippen LogP) is 9.99. The summed E-state index contributed by atoms with van der Waals surface area (Å²) in [6.07, 6.45) is 22.3. The van der Waals surface area contributed by atoms with Gasteiger partial charge in [-0.3, -0.25) is 0 Å². The molecule has 0 bridgehead atoms. The topological polar surface area (TPSA) is 34.1 Å². The van der Waals surface area contributed by atoms with Gasteiger partial charge in [-0.05, 0) is 25.7 Å². The van der Waals surface area contributed by atoms with Crippen molar-refractivity contribution in [3.63, 3.8) is 0 Å². The predicted molar refractivity (Wildman–Crippen MR) is 136 cm³/mol. The highest BCUT2D eigenvalue weighted by Gasteiger charge is 2.32. The lowest BCUT2D eigenvalue weighted by molar-refractivity contribution is 0.559. The van der Waals surface area contributed by atoms with E-state index in [0.717, 1.165) is 50.3 Å². The van der Waals surface area contributed by atoms with Gasteiger partial charge < -0.3 is 9.13 Å². The summed E-state index contributed by atoms with van der Waals surface area (Å²) in [7, 11) is -4.59. The monoisotopic (exact) mass is 448 g/mol. The molecule has 0 fully saturated rings. The first kappa shape index (κ1) is 29.5. The fraction of sp³-hybridized carbons (Fsp3) is 1.00. The molecule has 0 aromatic rings. The summed E-state index contributed by atoms with van der Waals surface area (Å²) in [5.74, 6) is 0.594. The summed E-state index contributed by atoms with van der Waals surface area (Å²) in [5, 5.41) is 0. The Balaban J connectivity index is 5.01. The fourth-order valence-electron chi connectivity index (χ4n) is 4.28. The number of unbranched alkanes of at least 4 members (excludes halogenated alkanes) is 12. The lowest BCUT2D eigenvalue weighted by atomic mass is 10.2. The van der Waals surface area contributed by atoms with Crippen LogP contribution in [-0.4, -0.2) is 30.6 Å². The van der Waals surface area contributed by atoms with Crippen LogP contribution in [0.5, 0.6) is 0 Å². The summed E-state index contributed by atoms with van der Waals surface area (Å²) < 4.78 is 27.9. The van der Waals surface area contributed by atoms with Crippen LogP contribution in [0.1, 0.15) is 130 Å². The van der Waals surface area contributed by atoms with Crippen LogP contribution in [-0.2, 0) is 9.13 Å². The van der Waals surface area contributed by atoms with Crippen molar-refractivity contribution in [2.75, 3.05) is 30.6 Å². The zero-order chi connectivity index (χ0) is 21.8. The minimum atomic E-state index is -2.30. The largest absolute Gasteiger partial charge is 0.323 e. The van der Waals surface area contributed by atoms with E-state index in [-0.39, 0.29) is 0 Å². The standard InChI is InChI=1S/C25H54O2P2/c1-5-9-13-17-21-28(26,22-18-14-10-6-2)25-29(27,23-19-15-11-7-3)24-20-16-12-8-4/h5-25H2,1-4H3. The first-order valence-electron chi connectivity index (χ1n) is 13.1. The Bertz CT molecular complexity index is 376. The fourth-order valence-corrected chi connectivity index (χ4v) is 14.0. The van der Waals surface area contributed by atoms with Crippen molar-refractivity contribution in [3.8, 4) is 0 Å². The molecule has 0 radical (unpaired) electrons. The summed E-state index contributed by atoms with van der Waals surface area (Å²) in [6.45, 7) is 8.91. The molecule has 0 rings (SSSR count). The van der Waals surface area contributed by atoms with Crippen molar-refractivity contribution in [3.05, 3.63) is 0 Å². The lowest BCUT2D eigenvalue weighted by Crippen LogP contribution is -2.07. The molecule has 29 heavy (non-hydrogen) atoms. The molecule has 0 N–H and O–H groups in total. The molecule has 4 heteroatoms.